The zero-order valence-electron chi connectivity index (χ0n) is 20.3. The Morgan fingerprint density at radius 3 is 2.12 bits per heavy atom. The summed E-state index contributed by atoms with van der Waals surface area (Å²) in [4.78, 5) is 0. The lowest BCUT2D eigenvalue weighted by Gasteiger charge is -2.61. The van der Waals surface area contributed by atoms with Crippen LogP contribution in [0.5, 0.6) is 0 Å². The Morgan fingerprint density at radius 1 is 0.697 bits per heavy atom. The predicted molar refractivity (Wildman–Crippen MR) is 126 cm³/mol. The third-order valence-electron chi connectivity index (χ3n) is 11.3. The molecule has 6 N–H and O–H groups in total. The van der Waals surface area contributed by atoms with Gasteiger partial charge in [0, 0.05) is 25.7 Å². The monoisotopic (exact) mass is 468 g/mol. The van der Waals surface area contributed by atoms with Crippen molar-refractivity contribution in [3.8, 4) is 0 Å². The van der Waals surface area contributed by atoms with Crippen LogP contribution in [-0.2, 0) is 0 Å². The summed E-state index contributed by atoms with van der Waals surface area (Å²) in [6.07, 6.45) is 12.2. The number of aliphatic hydroxyl groups excluding tert-OH is 5. The molecule has 0 aliphatic heterocycles. The first-order valence-corrected chi connectivity index (χ1v) is 13.8. The quantitative estimate of drug-likeness (QED) is 0.274. The molecule has 0 aromatic carbocycles. The van der Waals surface area contributed by atoms with Gasteiger partial charge in [-0.05, 0) is 111 Å². The molecule has 4 aliphatic rings. The number of hydrogen-bond donors (Lipinski definition) is 6. The molecule has 2 unspecified atom stereocenters. The summed E-state index contributed by atoms with van der Waals surface area (Å²) in [5, 5.41) is 59.9. The van der Waals surface area contributed by atoms with Gasteiger partial charge in [0.1, 0.15) is 0 Å². The van der Waals surface area contributed by atoms with Gasteiger partial charge in [-0.1, -0.05) is 19.3 Å². The van der Waals surface area contributed by atoms with E-state index in [1.54, 1.807) is 0 Å². The molecule has 4 rings (SSSR count). The van der Waals surface area contributed by atoms with E-state index < -0.39 is 12.2 Å². The lowest BCUT2D eigenvalue weighted by Crippen LogP contribution is -2.57. The molecule has 0 aromatic rings. The van der Waals surface area contributed by atoms with Crippen molar-refractivity contribution in [1.29, 1.82) is 0 Å². The maximum Gasteiger partial charge on any atom is 0.156 e. The van der Waals surface area contributed by atoms with E-state index in [4.69, 9.17) is 0 Å². The SMILES string of the molecule is OCC(CCC[C@@H](CO)[C@H]1CC[C@H]2[C@@H]3CCC4CCCC[C@]4(CO)[C@H]3CC[C@]12CO)C(O)O. The smallest absolute Gasteiger partial charge is 0.156 e. The molecule has 4 aliphatic carbocycles. The summed E-state index contributed by atoms with van der Waals surface area (Å²) < 4.78 is 0. The Morgan fingerprint density at radius 2 is 1.45 bits per heavy atom. The first kappa shape index (κ1) is 25.8. The highest BCUT2D eigenvalue weighted by atomic mass is 16.5. The van der Waals surface area contributed by atoms with Gasteiger partial charge in [-0.15, -0.1) is 0 Å². The lowest BCUT2D eigenvalue weighted by atomic mass is 9.44. The number of hydrogen-bond acceptors (Lipinski definition) is 6. The predicted octanol–water partition coefficient (Wildman–Crippen LogP) is 2.68. The molecule has 33 heavy (non-hydrogen) atoms. The average molecular weight is 469 g/mol. The number of fused-ring (bicyclic) bond motifs is 5. The summed E-state index contributed by atoms with van der Waals surface area (Å²) in [5.74, 6) is 2.17. The molecule has 0 aromatic heterocycles. The van der Waals surface area contributed by atoms with Crippen molar-refractivity contribution in [3.05, 3.63) is 0 Å². The molecule has 0 saturated heterocycles. The fraction of sp³-hybridized carbons (Fsp3) is 1.00. The van der Waals surface area contributed by atoms with Gasteiger partial charge < -0.3 is 30.6 Å². The molecular formula is C27H48O6. The second-order valence-electron chi connectivity index (χ2n) is 12.1. The normalized spacial score (nSPS) is 42.5. The minimum atomic E-state index is -1.51. The minimum absolute atomic E-state index is 0.0986. The highest BCUT2D eigenvalue weighted by Crippen LogP contribution is 2.68. The molecule has 9 atom stereocenters. The Balaban J connectivity index is 1.49. The number of rotatable bonds is 10. The van der Waals surface area contributed by atoms with Crippen molar-refractivity contribution in [2.75, 3.05) is 26.4 Å². The molecule has 4 fully saturated rings. The average Bonchev–Trinajstić information content (AvgIpc) is 3.23. The van der Waals surface area contributed by atoms with Crippen molar-refractivity contribution < 1.29 is 30.6 Å². The first-order valence-electron chi connectivity index (χ1n) is 13.8. The highest BCUT2D eigenvalue weighted by Gasteiger charge is 2.62. The summed E-state index contributed by atoms with van der Waals surface area (Å²) in [5.41, 5.74) is -0.0265. The van der Waals surface area contributed by atoms with Crippen LogP contribution in [0.15, 0.2) is 0 Å². The first-order chi connectivity index (χ1) is 16.0. The van der Waals surface area contributed by atoms with E-state index in [9.17, 15) is 30.6 Å². The third-order valence-corrected chi connectivity index (χ3v) is 11.3. The van der Waals surface area contributed by atoms with Crippen LogP contribution in [0.25, 0.3) is 0 Å². The van der Waals surface area contributed by atoms with Crippen LogP contribution in [0, 0.1) is 52.3 Å². The standard InChI is InChI=1S/C27H48O6/c28-14-18(4-3-5-19(15-29)25(32)33)22-9-10-23-21-8-7-20-6-1-2-12-26(20,16-30)24(21)11-13-27(22,23)17-31/h18-25,28-33H,1-17H2/t18-,19?,20?,21-,22+,23-,24-,26+,27-/m0/s1. The van der Waals surface area contributed by atoms with Crippen molar-refractivity contribution >= 4 is 0 Å². The maximum absolute atomic E-state index is 10.8. The number of aliphatic hydroxyl groups is 6. The van der Waals surface area contributed by atoms with Gasteiger partial charge in [0.2, 0.25) is 0 Å². The van der Waals surface area contributed by atoms with Gasteiger partial charge in [-0.25, -0.2) is 0 Å². The van der Waals surface area contributed by atoms with Gasteiger partial charge >= 0.3 is 0 Å². The van der Waals surface area contributed by atoms with E-state index in [1.807, 2.05) is 0 Å². The molecule has 0 spiro atoms. The Kier molecular flexibility index (Phi) is 8.45. The molecular weight excluding hydrogens is 420 g/mol. The van der Waals surface area contributed by atoms with Crippen LogP contribution >= 0.6 is 0 Å². The van der Waals surface area contributed by atoms with Crippen LogP contribution < -0.4 is 0 Å². The molecule has 192 valence electrons. The van der Waals surface area contributed by atoms with E-state index in [0.29, 0.717) is 42.6 Å². The molecule has 0 radical (unpaired) electrons. The fourth-order valence-electron chi connectivity index (χ4n) is 9.65. The second kappa shape index (κ2) is 10.8. The zero-order valence-corrected chi connectivity index (χ0v) is 20.3. The van der Waals surface area contributed by atoms with Gasteiger partial charge in [-0.3, -0.25) is 0 Å². The summed E-state index contributed by atoms with van der Waals surface area (Å²) in [7, 11) is 0. The van der Waals surface area contributed by atoms with Crippen molar-refractivity contribution in [3.63, 3.8) is 0 Å². The van der Waals surface area contributed by atoms with Crippen LogP contribution in [0.4, 0.5) is 0 Å². The van der Waals surface area contributed by atoms with Gasteiger partial charge in [0.25, 0.3) is 0 Å². The topological polar surface area (TPSA) is 121 Å². The molecule has 0 amide bonds. The van der Waals surface area contributed by atoms with Crippen LogP contribution in [0.1, 0.15) is 83.5 Å². The molecule has 6 nitrogen and oxygen atoms in total. The van der Waals surface area contributed by atoms with E-state index in [-0.39, 0.29) is 36.6 Å². The van der Waals surface area contributed by atoms with Crippen molar-refractivity contribution in [2.24, 2.45) is 52.3 Å². The third kappa shape index (κ3) is 4.42. The zero-order chi connectivity index (χ0) is 23.6. The van der Waals surface area contributed by atoms with Crippen LogP contribution in [-0.4, -0.2) is 63.4 Å². The maximum atomic E-state index is 10.8. The van der Waals surface area contributed by atoms with Crippen molar-refractivity contribution in [1.82, 2.24) is 0 Å². The van der Waals surface area contributed by atoms with E-state index in [0.717, 1.165) is 38.5 Å². The summed E-state index contributed by atoms with van der Waals surface area (Å²) in [6.45, 7) is 0.362. The summed E-state index contributed by atoms with van der Waals surface area (Å²) >= 11 is 0. The van der Waals surface area contributed by atoms with E-state index in [2.05, 4.69) is 0 Å². The van der Waals surface area contributed by atoms with E-state index in [1.165, 1.54) is 38.5 Å². The second-order valence-corrected chi connectivity index (χ2v) is 12.1. The van der Waals surface area contributed by atoms with Gasteiger partial charge in [0.15, 0.2) is 6.29 Å². The van der Waals surface area contributed by atoms with Gasteiger partial charge in [0.05, 0.1) is 6.61 Å². The highest BCUT2D eigenvalue weighted by molar-refractivity contribution is 5.11. The Hall–Kier alpha value is -0.240. The lowest BCUT2D eigenvalue weighted by molar-refractivity contribution is -0.156. The van der Waals surface area contributed by atoms with Crippen LogP contribution in [0.3, 0.4) is 0 Å². The molecule has 4 saturated carbocycles. The van der Waals surface area contributed by atoms with Crippen molar-refractivity contribution in [2.45, 2.75) is 89.8 Å². The molecule has 0 bridgehead atoms. The Bertz CT molecular complexity index is 628. The van der Waals surface area contributed by atoms with Gasteiger partial charge in [-0.2, -0.15) is 0 Å². The minimum Gasteiger partial charge on any atom is -0.396 e. The fourth-order valence-corrected chi connectivity index (χ4v) is 9.65. The van der Waals surface area contributed by atoms with E-state index >= 15 is 0 Å². The largest absolute Gasteiger partial charge is 0.396 e. The summed E-state index contributed by atoms with van der Waals surface area (Å²) in [6, 6.07) is 0. The molecule has 0 heterocycles. The molecule has 6 heteroatoms. The Labute approximate surface area is 199 Å². The van der Waals surface area contributed by atoms with Crippen LogP contribution in [0.2, 0.25) is 0 Å².